The van der Waals surface area contributed by atoms with Gasteiger partial charge in [-0.3, -0.25) is 9.59 Å². The van der Waals surface area contributed by atoms with Gasteiger partial charge in [-0.15, -0.1) is 0 Å². The van der Waals surface area contributed by atoms with Crippen LogP contribution < -0.4 is 9.64 Å². The monoisotopic (exact) mass is 549 g/mol. The van der Waals surface area contributed by atoms with Crippen LogP contribution >= 0.6 is 39.3 Å². The van der Waals surface area contributed by atoms with Crippen molar-refractivity contribution in [3.05, 3.63) is 110 Å². The van der Waals surface area contributed by atoms with E-state index in [0.717, 1.165) is 37.6 Å². The SMILES string of the molecule is O=C1S/C(=C\c2ccc(OCc3cccc4ccccc34)c(Br)c2)C(=O)N1c1cccc(Cl)c1. The summed E-state index contributed by atoms with van der Waals surface area (Å²) in [6, 6.07) is 26.6. The topological polar surface area (TPSA) is 46.6 Å². The van der Waals surface area contributed by atoms with Crippen molar-refractivity contribution >= 4 is 73.0 Å². The summed E-state index contributed by atoms with van der Waals surface area (Å²) in [5.41, 5.74) is 2.33. The van der Waals surface area contributed by atoms with Crippen LogP contribution in [-0.2, 0) is 11.4 Å². The molecule has 0 N–H and O–H groups in total. The summed E-state index contributed by atoms with van der Waals surface area (Å²) in [4.78, 5) is 26.9. The maximum absolute atomic E-state index is 12.9. The van der Waals surface area contributed by atoms with Crippen LogP contribution in [0.15, 0.2) is 94.3 Å². The van der Waals surface area contributed by atoms with Gasteiger partial charge in [0.15, 0.2) is 0 Å². The lowest BCUT2D eigenvalue weighted by Gasteiger charge is -2.12. The minimum Gasteiger partial charge on any atom is -0.488 e. The van der Waals surface area contributed by atoms with Gasteiger partial charge in [-0.2, -0.15) is 0 Å². The van der Waals surface area contributed by atoms with Gasteiger partial charge in [-0.05, 0) is 86.0 Å². The predicted molar refractivity (Wildman–Crippen MR) is 142 cm³/mol. The van der Waals surface area contributed by atoms with E-state index in [9.17, 15) is 9.59 Å². The summed E-state index contributed by atoms with van der Waals surface area (Å²) in [5, 5.41) is 2.44. The van der Waals surface area contributed by atoms with Crippen LogP contribution in [-0.4, -0.2) is 11.1 Å². The summed E-state index contributed by atoms with van der Waals surface area (Å²) in [6.07, 6.45) is 1.70. The van der Waals surface area contributed by atoms with E-state index in [0.29, 0.717) is 28.0 Å². The molecule has 34 heavy (non-hydrogen) atoms. The highest BCUT2D eigenvalue weighted by molar-refractivity contribution is 9.10. The van der Waals surface area contributed by atoms with E-state index in [1.807, 2.05) is 36.4 Å². The molecule has 1 aliphatic rings. The van der Waals surface area contributed by atoms with Gasteiger partial charge in [-0.25, -0.2) is 4.90 Å². The lowest BCUT2D eigenvalue weighted by molar-refractivity contribution is -0.113. The van der Waals surface area contributed by atoms with Crippen molar-refractivity contribution < 1.29 is 14.3 Å². The van der Waals surface area contributed by atoms with Crippen molar-refractivity contribution in [3.63, 3.8) is 0 Å². The molecule has 0 radical (unpaired) electrons. The highest BCUT2D eigenvalue weighted by Gasteiger charge is 2.36. The van der Waals surface area contributed by atoms with Crippen molar-refractivity contribution in [2.75, 3.05) is 4.90 Å². The number of carbonyl (C=O) groups excluding carboxylic acids is 2. The van der Waals surface area contributed by atoms with Gasteiger partial charge in [-0.1, -0.05) is 66.2 Å². The van der Waals surface area contributed by atoms with Gasteiger partial charge in [0.05, 0.1) is 15.1 Å². The average Bonchev–Trinajstić information content (AvgIpc) is 3.11. The molecule has 1 aliphatic heterocycles. The minimum atomic E-state index is -0.371. The molecule has 0 unspecified atom stereocenters. The van der Waals surface area contributed by atoms with E-state index >= 15 is 0 Å². The quantitative estimate of drug-likeness (QED) is 0.236. The fraction of sp³-hybridized carbons (Fsp3) is 0.0370. The van der Waals surface area contributed by atoms with Crippen molar-refractivity contribution in [1.29, 1.82) is 0 Å². The maximum Gasteiger partial charge on any atom is 0.298 e. The molecular formula is C27H17BrClNO3S. The first-order valence-electron chi connectivity index (χ1n) is 10.4. The van der Waals surface area contributed by atoms with E-state index in [4.69, 9.17) is 16.3 Å². The molecule has 0 bridgehead atoms. The van der Waals surface area contributed by atoms with Gasteiger partial charge in [0.25, 0.3) is 11.1 Å². The zero-order valence-electron chi connectivity index (χ0n) is 17.7. The largest absolute Gasteiger partial charge is 0.488 e. The van der Waals surface area contributed by atoms with Crippen LogP contribution in [0.2, 0.25) is 5.02 Å². The molecule has 1 heterocycles. The van der Waals surface area contributed by atoms with Crippen LogP contribution in [0.4, 0.5) is 10.5 Å². The Bertz CT molecular complexity index is 1460. The van der Waals surface area contributed by atoms with E-state index in [1.54, 1.807) is 30.3 Å². The minimum absolute atomic E-state index is 0.348. The molecule has 7 heteroatoms. The van der Waals surface area contributed by atoms with E-state index < -0.39 is 0 Å². The molecule has 4 aromatic rings. The molecule has 0 atom stereocenters. The number of carbonyl (C=O) groups is 2. The normalized spacial score (nSPS) is 14.9. The Kier molecular flexibility index (Phi) is 6.46. The van der Waals surface area contributed by atoms with Gasteiger partial charge in [0.1, 0.15) is 12.4 Å². The number of benzene rings is 4. The molecule has 2 amide bonds. The number of halogens is 2. The first-order chi connectivity index (χ1) is 16.5. The maximum atomic E-state index is 12.9. The zero-order valence-corrected chi connectivity index (χ0v) is 20.9. The van der Waals surface area contributed by atoms with E-state index in [1.165, 1.54) is 5.39 Å². The van der Waals surface area contributed by atoms with Crippen LogP contribution in [0.3, 0.4) is 0 Å². The number of hydrogen-bond acceptors (Lipinski definition) is 4. The number of hydrogen-bond donors (Lipinski definition) is 0. The Morgan fingerprint density at radius 3 is 2.56 bits per heavy atom. The molecule has 168 valence electrons. The van der Waals surface area contributed by atoms with Crippen LogP contribution in [0.25, 0.3) is 16.8 Å². The Hall–Kier alpha value is -3.06. The number of nitrogens with zero attached hydrogens (tertiary/aromatic N) is 1. The summed E-state index contributed by atoms with van der Waals surface area (Å²) in [5.74, 6) is 0.321. The van der Waals surface area contributed by atoms with E-state index in [-0.39, 0.29) is 11.1 Å². The molecule has 0 saturated carbocycles. The Balaban J connectivity index is 1.34. The van der Waals surface area contributed by atoms with Crippen LogP contribution in [0.5, 0.6) is 5.75 Å². The molecule has 0 spiro atoms. The molecule has 1 saturated heterocycles. The highest BCUT2D eigenvalue weighted by Crippen LogP contribution is 2.37. The number of fused-ring (bicyclic) bond motifs is 1. The highest BCUT2D eigenvalue weighted by atomic mass is 79.9. The lowest BCUT2D eigenvalue weighted by Crippen LogP contribution is -2.27. The Morgan fingerprint density at radius 1 is 0.941 bits per heavy atom. The number of imide groups is 1. The molecular weight excluding hydrogens is 534 g/mol. The number of amides is 2. The number of thioether (sulfide) groups is 1. The third kappa shape index (κ3) is 4.62. The first-order valence-corrected chi connectivity index (χ1v) is 12.4. The zero-order chi connectivity index (χ0) is 23.7. The molecule has 5 rings (SSSR count). The summed E-state index contributed by atoms with van der Waals surface area (Å²) < 4.78 is 6.83. The number of ether oxygens (including phenoxy) is 1. The van der Waals surface area contributed by atoms with Crippen LogP contribution in [0.1, 0.15) is 11.1 Å². The van der Waals surface area contributed by atoms with Gasteiger partial charge < -0.3 is 4.74 Å². The van der Waals surface area contributed by atoms with Crippen molar-refractivity contribution in [3.8, 4) is 5.75 Å². The van der Waals surface area contributed by atoms with Crippen LogP contribution in [0, 0.1) is 0 Å². The molecule has 4 aromatic carbocycles. The number of rotatable bonds is 5. The Morgan fingerprint density at radius 2 is 1.74 bits per heavy atom. The smallest absolute Gasteiger partial charge is 0.298 e. The molecule has 4 nitrogen and oxygen atoms in total. The lowest BCUT2D eigenvalue weighted by atomic mass is 10.1. The second-order valence-electron chi connectivity index (χ2n) is 7.61. The van der Waals surface area contributed by atoms with Gasteiger partial charge in [0, 0.05) is 5.02 Å². The fourth-order valence-corrected chi connectivity index (χ4v) is 5.29. The average molecular weight is 551 g/mol. The van der Waals surface area contributed by atoms with Crippen molar-refractivity contribution in [1.82, 2.24) is 0 Å². The van der Waals surface area contributed by atoms with Crippen molar-refractivity contribution in [2.24, 2.45) is 0 Å². The second-order valence-corrected chi connectivity index (χ2v) is 9.90. The molecule has 1 fully saturated rings. The predicted octanol–water partition coefficient (Wildman–Crippen LogP) is 8.08. The third-order valence-electron chi connectivity index (χ3n) is 5.38. The first kappa shape index (κ1) is 22.7. The molecule has 0 aliphatic carbocycles. The number of anilines is 1. The fourth-order valence-electron chi connectivity index (χ4n) is 3.75. The third-order valence-corrected chi connectivity index (χ3v) is 7.10. The van der Waals surface area contributed by atoms with Crippen molar-refractivity contribution in [2.45, 2.75) is 6.61 Å². The second kappa shape index (κ2) is 9.66. The van der Waals surface area contributed by atoms with Gasteiger partial charge >= 0.3 is 0 Å². The summed E-state index contributed by atoms with van der Waals surface area (Å²) >= 11 is 10.5. The summed E-state index contributed by atoms with van der Waals surface area (Å²) in [6.45, 7) is 0.428. The summed E-state index contributed by atoms with van der Waals surface area (Å²) in [7, 11) is 0. The Labute approximate surface area is 214 Å². The van der Waals surface area contributed by atoms with E-state index in [2.05, 4.69) is 40.2 Å². The molecule has 0 aromatic heterocycles. The van der Waals surface area contributed by atoms with Gasteiger partial charge in [0.2, 0.25) is 0 Å². The standard InChI is InChI=1S/C27H17BrClNO3S/c28-23-13-17(14-25-26(31)30(27(32)34-25)21-9-4-8-20(29)15-21)11-12-24(23)33-16-19-7-3-6-18-5-1-2-10-22(18)19/h1-15H,16H2/b25-14-.